The van der Waals surface area contributed by atoms with Crippen LogP contribution in [0.25, 0.3) is 0 Å². The molecule has 2 aliphatic rings. The molecule has 2 saturated heterocycles. The Morgan fingerprint density at radius 2 is 1.95 bits per heavy atom. The molecule has 1 atom stereocenters. The molecule has 0 radical (unpaired) electrons. The molecule has 1 aromatic carbocycles. The SMILES string of the molecule is COc1ccc(N2CCN(CC3CSCCN3)CC2)cc1. The van der Waals surface area contributed by atoms with E-state index in [1.165, 1.54) is 30.3 Å². The lowest BCUT2D eigenvalue weighted by Gasteiger charge is -2.38. The predicted octanol–water partition coefficient (Wildman–Crippen LogP) is 1.52. The van der Waals surface area contributed by atoms with Crippen molar-refractivity contribution >= 4 is 17.4 Å². The fourth-order valence-electron chi connectivity index (χ4n) is 3.03. The van der Waals surface area contributed by atoms with Gasteiger partial charge < -0.3 is 15.0 Å². The van der Waals surface area contributed by atoms with Gasteiger partial charge in [-0.2, -0.15) is 11.8 Å². The lowest BCUT2D eigenvalue weighted by molar-refractivity contribution is 0.235. The minimum atomic E-state index is 0.677. The van der Waals surface area contributed by atoms with Crippen molar-refractivity contribution in [2.75, 3.05) is 62.8 Å². The maximum atomic E-state index is 5.22. The fraction of sp³-hybridized carbons (Fsp3) is 0.625. The van der Waals surface area contributed by atoms with Crippen molar-refractivity contribution in [3.05, 3.63) is 24.3 Å². The van der Waals surface area contributed by atoms with Gasteiger partial charge in [0.2, 0.25) is 0 Å². The molecule has 0 spiro atoms. The highest BCUT2D eigenvalue weighted by Crippen LogP contribution is 2.20. The summed E-state index contributed by atoms with van der Waals surface area (Å²) in [4.78, 5) is 5.07. The van der Waals surface area contributed by atoms with Gasteiger partial charge in [-0.15, -0.1) is 0 Å². The van der Waals surface area contributed by atoms with Crippen molar-refractivity contribution in [1.29, 1.82) is 0 Å². The minimum absolute atomic E-state index is 0.677. The first kappa shape index (κ1) is 15.0. The fourth-order valence-corrected chi connectivity index (χ4v) is 3.97. The Bertz CT molecular complexity index is 426. The van der Waals surface area contributed by atoms with E-state index < -0.39 is 0 Å². The Morgan fingerprint density at radius 3 is 2.57 bits per heavy atom. The second kappa shape index (κ2) is 7.38. The second-order valence-electron chi connectivity index (χ2n) is 5.71. The van der Waals surface area contributed by atoms with Crippen LogP contribution in [0.5, 0.6) is 5.75 Å². The van der Waals surface area contributed by atoms with E-state index in [1.54, 1.807) is 7.11 Å². The smallest absolute Gasteiger partial charge is 0.119 e. The molecule has 21 heavy (non-hydrogen) atoms. The first-order chi connectivity index (χ1) is 10.3. The highest BCUT2D eigenvalue weighted by molar-refractivity contribution is 7.99. The molecule has 3 rings (SSSR count). The highest BCUT2D eigenvalue weighted by atomic mass is 32.2. The number of rotatable bonds is 4. The van der Waals surface area contributed by atoms with Gasteiger partial charge in [-0.3, -0.25) is 4.90 Å². The number of piperazine rings is 1. The van der Waals surface area contributed by atoms with Gasteiger partial charge in [-0.1, -0.05) is 0 Å². The van der Waals surface area contributed by atoms with Crippen LogP contribution in [0.15, 0.2) is 24.3 Å². The second-order valence-corrected chi connectivity index (χ2v) is 6.86. The molecule has 1 N–H and O–H groups in total. The maximum Gasteiger partial charge on any atom is 0.119 e. The van der Waals surface area contributed by atoms with E-state index in [0.29, 0.717) is 6.04 Å². The lowest BCUT2D eigenvalue weighted by Crippen LogP contribution is -2.52. The first-order valence-corrected chi connectivity index (χ1v) is 8.93. The highest BCUT2D eigenvalue weighted by Gasteiger charge is 2.21. The van der Waals surface area contributed by atoms with E-state index in [0.717, 1.165) is 31.9 Å². The molecule has 0 amide bonds. The summed E-state index contributed by atoms with van der Waals surface area (Å²) in [6.45, 7) is 6.92. The van der Waals surface area contributed by atoms with Crippen molar-refractivity contribution in [2.24, 2.45) is 0 Å². The van der Waals surface area contributed by atoms with Gasteiger partial charge in [0.05, 0.1) is 7.11 Å². The van der Waals surface area contributed by atoms with Gasteiger partial charge in [0, 0.05) is 62.5 Å². The molecule has 116 valence electrons. The average Bonchev–Trinajstić information content (AvgIpc) is 2.57. The van der Waals surface area contributed by atoms with Crippen molar-refractivity contribution in [2.45, 2.75) is 6.04 Å². The zero-order valence-corrected chi connectivity index (χ0v) is 13.6. The van der Waals surface area contributed by atoms with E-state index in [4.69, 9.17) is 4.74 Å². The summed E-state index contributed by atoms with van der Waals surface area (Å²) < 4.78 is 5.22. The first-order valence-electron chi connectivity index (χ1n) is 7.77. The molecule has 2 fully saturated rings. The summed E-state index contributed by atoms with van der Waals surface area (Å²) in [6, 6.07) is 9.09. The Hall–Kier alpha value is -0.910. The number of benzene rings is 1. The minimum Gasteiger partial charge on any atom is -0.497 e. The standard InChI is InChI=1S/C16H25N3OS/c1-20-16-4-2-15(3-5-16)19-9-7-18(8-10-19)12-14-13-21-11-6-17-14/h2-5,14,17H,6-13H2,1H3. The number of methoxy groups -OCH3 is 1. The summed E-state index contributed by atoms with van der Waals surface area (Å²) in [5, 5.41) is 3.63. The lowest BCUT2D eigenvalue weighted by atomic mass is 10.2. The van der Waals surface area contributed by atoms with E-state index >= 15 is 0 Å². The molecule has 0 saturated carbocycles. The molecular formula is C16H25N3OS. The summed E-state index contributed by atoms with van der Waals surface area (Å²) in [7, 11) is 1.71. The average molecular weight is 307 g/mol. The number of anilines is 1. The van der Waals surface area contributed by atoms with E-state index in [1.807, 2.05) is 12.1 Å². The van der Waals surface area contributed by atoms with Crippen LogP contribution in [-0.2, 0) is 0 Å². The van der Waals surface area contributed by atoms with Crippen LogP contribution in [0.2, 0.25) is 0 Å². The van der Waals surface area contributed by atoms with Crippen molar-refractivity contribution in [1.82, 2.24) is 10.2 Å². The molecule has 4 nitrogen and oxygen atoms in total. The Balaban J connectivity index is 1.47. The third-order valence-corrected chi connectivity index (χ3v) is 5.42. The summed E-state index contributed by atoms with van der Waals surface area (Å²) >= 11 is 2.08. The molecule has 2 aliphatic heterocycles. The topological polar surface area (TPSA) is 27.7 Å². The van der Waals surface area contributed by atoms with Crippen LogP contribution in [0.1, 0.15) is 0 Å². The number of nitrogens with one attached hydrogen (secondary N) is 1. The Morgan fingerprint density at radius 1 is 1.19 bits per heavy atom. The summed E-state index contributed by atoms with van der Waals surface area (Å²) in [5.41, 5.74) is 1.31. The third kappa shape index (κ3) is 4.05. The van der Waals surface area contributed by atoms with Gasteiger partial charge >= 0.3 is 0 Å². The Kier molecular flexibility index (Phi) is 5.27. The zero-order valence-electron chi connectivity index (χ0n) is 12.8. The van der Waals surface area contributed by atoms with E-state index in [2.05, 4.69) is 39.0 Å². The molecule has 5 heteroatoms. The normalized spacial score (nSPS) is 24.0. The molecule has 0 bridgehead atoms. The van der Waals surface area contributed by atoms with E-state index in [-0.39, 0.29) is 0 Å². The van der Waals surface area contributed by atoms with Gasteiger partial charge in [-0.25, -0.2) is 0 Å². The molecular weight excluding hydrogens is 282 g/mol. The molecule has 1 unspecified atom stereocenters. The molecule has 1 aromatic rings. The summed E-state index contributed by atoms with van der Waals surface area (Å²) in [6.07, 6.45) is 0. The van der Waals surface area contributed by atoms with Crippen molar-refractivity contribution in [3.63, 3.8) is 0 Å². The van der Waals surface area contributed by atoms with Gasteiger partial charge in [0.25, 0.3) is 0 Å². The van der Waals surface area contributed by atoms with Crippen molar-refractivity contribution in [3.8, 4) is 5.75 Å². The predicted molar refractivity (Wildman–Crippen MR) is 90.8 cm³/mol. The van der Waals surface area contributed by atoms with Crippen LogP contribution < -0.4 is 15.0 Å². The zero-order chi connectivity index (χ0) is 14.5. The summed E-state index contributed by atoms with van der Waals surface area (Å²) in [5.74, 6) is 3.46. The van der Waals surface area contributed by atoms with E-state index in [9.17, 15) is 0 Å². The number of thioether (sulfide) groups is 1. The third-order valence-electron chi connectivity index (χ3n) is 4.29. The van der Waals surface area contributed by atoms with Crippen molar-refractivity contribution < 1.29 is 4.74 Å². The van der Waals surface area contributed by atoms with Crippen LogP contribution in [0.4, 0.5) is 5.69 Å². The van der Waals surface area contributed by atoms with Crippen LogP contribution >= 0.6 is 11.8 Å². The van der Waals surface area contributed by atoms with Gasteiger partial charge in [0.15, 0.2) is 0 Å². The maximum absolute atomic E-state index is 5.22. The number of nitrogens with zero attached hydrogens (tertiary/aromatic N) is 2. The van der Waals surface area contributed by atoms with Crippen LogP contribution in [-0.4, -0.2) is 68.8 Å². The largest absolute Gasteiger partial charge is 0.497 e. The van der Waals surface area contributed by atoms with Crippen LogP contribution in [0, 0.1) is 0 Å². The van der Waals surface area contributed by atoms with Gasteiger partial charge in [-0.05, 0) is 24.3 Å². The number of ether oxygens (including phenoxy) is 1. The Labute approximate surface area is 131 Å². The quantitative estimate of drug-likeness (QED) is 0.910. The number of hydrogen-bond acceptors (Lipinski definition) is 5. The monoisotopic (exact) mass is 307 g/mol. The number of hydrogen-bond donors (Lipinski definition) is 1. The van der Waals surface area contributed by atoms with Gasteiger partial charge in [0.1, 0.15) is 5.75 Å². The molecule has 0 aromatic heterocycles. The molecule has 2 heterocycles. The molecule has 0 aliphatic carbocycles. The van der Waals surface area contributed by atoms with Crippen LogP contribution in [0.3, 0.4) is 0 Å².